The van der Waals surface area contributed by atoms with Gasteiger partial charge in [0.05, 0.1) is 0 Å². The van der Waals surface area contributed by atoms with Crippen LogP contribution in [-0.2, 0) is 0 Å². The normalized spacial score (nSPS) is 12.6. The van der Waals surface area contributed by atoms with Gasteiger partial charge in [-0.25, -0.2) is 0 Å². The number of nitrogens with one attached hydrogen (secondary N) is 1. The Bertz CT molecular complexity index is 535. The Morgan fingerprint density at radius 2 is 1.89 bits per heavy atom. The summed E-state index contributed by atoms with van der Waals surface area (Å²) in [6.45, 7) is 3.02. The molecule has 0 aromatic heterocycles. The molecule has 0 fully saturated rings. The Hall–Kier alpha value is -1.25. The molecule has 1 atom stereocenters. The molecule has 0 aliphatic rings. The molecule has 102 valence electrons. The molecule has 2 rings (SSSR count). The largest absolute Gasteiger partial charge is 0.488 e. The minimum Gasteiger partial charge on any atom is -0.488 e. The molecule has 0 aliphatic heterocycles. The van der Waals surface area contributed by atoms with E-state index < -0.39 is 0 Å². The number of hydrogen-bond acceptors (Lipinski definition) is 2. The molecule has 3 heteroatoms. The van der Waals surface area contributed by atoms with Crippen molar-refractivity contribution in [1.29, 1.82) is 0 Å². The van der Waals surface area contributed by atoms with Gasteiger partial charge in [0.1, 0.15) is 11.9 Å². The summed E-state index contributed by atoms with van der Waals surface area (Å²) in [5.41, 5.74) is 0. The van der Waals surface area contributed by atoms with Crippen LogP contribution in [0.15, 0.2) is 36.4 Å². The quantitative estimate of drug-likeness (QED) is 0.852. The van der Waals surface area contributed by atoms with Gasteiger partial charge in [0, 0.05) is 22.3 Å². The van der Waals surface area contributed by atoms with Crippen molar-refractivity contribution in [3.63, 3.8) is 0 Å². The average Bonchev–Trinajstić information content (AvgIpc) is 2.43. The summed E-state index contributed by atoms with van der Waals surface area (Å²) < 4.78 is 6.14. The number of rotatable bonds is 6. The number of fused-ring (bicyclic) bond motifs is 1. The van der Waals surface area contributed by atoms with E-state index in [1.54, 1.807) is 0 Å². The van der Waals surface area contributed by atoms with Crippen LogP contribution in [0.2, 0.25) is 5.02 Å². The molecule has 19 heavy (non-hydrogen) atoms. The van der Waals surface area contributed by atoms with Gasteiger partial charge in [-0.2, -0.15) is 0 Å². The van der Waals surface area contributed by atoms with E-state index >= 15 is 0 Å². The Balaban J connectivity index is 2.31. The van der Waals surface area contributed by atoms with Crippen molar-refractivity contribution >= 4 is 22.4 Å². The molecule has 0 aliphatic carbocycles. The van der Waals surface area contributed by atoms with E-state index in [1.807, 2.05) is 37.4 Å². The lowest BCUT2D eigenvalue weighted by atomic mass is 10.1. The molecule has 0 saturated carbocycles. The van der Waals surface area contributed by atoms with Crippen molar-refractivity contribution in [2.24, 2.45) is 0 Å². The highest BCUT2D eigenvalue weighted by Gasteiger charge is 2.11. The third-order valence-corrected chi connectivity index (χ3v) is 3.50. The minimum absolute atomic E-state index is 0.194. The fraction of sp³-hybridized carbons (Fsp3) is 0.375. The summed E-state index contributed by atoms with van der Waals surface area (Å²) in [5, 5.41) is 6.07. The standard InChI is InChI=1S/C16H20ClNO/c1-3-6-12(11-18-2)19-16-10-9-15(17)13-7-4-5-8-14(13)16/h4-5,7-10,12,18H,3,6,11H2,1-2H3. The molecule has 0 saturated heterocycles. The summed E-state index contributed by atoms with van der Waals surface area (Å²) in [6, 6.07) is 12.0. The zero-order valence-electron chi connectivity index (χ0n) is 11.4. The zero-order chi connectivity index (χ0) is 13.7. The van der Waals surface area contributed by atoms with Gasteiger partial charge >= 0.3 is 0 Å². The number of likely N-dealkylation sites (N-methyl/N-ethyl adjacent to an activating group) is 1. The molecule has 0 heterocycles. The third-order valence-electron chi connectivity index (χ3n) is 3.17. The van der Waals surface area contributed by atoms with Gasteiger partial charge < -0.3 is 10.1 Å². The topological polar surface area (TPSA) is 21.3 Å². The van der Waals surface area contributed by atoms with Crippen LogP contribution in [0.5, 0.6) is 5.75 Å². The van der Waals surface area contributed by atoms with Crippen molar-refractivity contribution < 1.29 is 4.74 Å². The van der Waals surface area contributed by atoms with Crippen LogP contribution in [0.25, 0.3) is 10.8 Å². The average molecular weight is 278 g/mol. The van der Waals surface area contributed by atoms with E-state index in [1.165, 1.54) is 0 Å². The van der Waals surface area contributed by atoms with E-state index in [4.69, 9.17) is 16.3 Å². The number of benzene rings is 2. The Labute approximate surface area is 119 Å². The third kappa shape index (κ3) is 3.40. The zero-order valence-corrected chi connectivity index (χ0v) is 12.2. The maximum absolute atomic E-state index is 6.22. The molecular formula is C16H20ClNO. The molecule has 2 aromatic rings. The van der Waals surface area contributed by atoms with Gasteiger partial charge in [0.25, 0.3) is 0 Å². The highest BCUT2D eigenvalue weighted by Crippen LogP contribution is 2.32. The lowest BCUT2D eigenvalue weighted by molar-refractivity contribution is 0.192. The van der Waals surface area contributed by atoms with E-state index in [0.29, 0.717) is 0 Å². The van der Waals surface area contributed by atoms with Gasteiger partial charge in [-0.05, 0) is 25.6 Å². The smallest absolute Gasteiger partial charge is 0.127 e. The number of ether oxygens (including phenoxy) is 1. The van der Waals surface area contributed by atoms with Crippen LogP contribution in [0.3, 0.4) is 0 Å². The fourth-order valence-corrected chi connectivity index (χ4v) is 2.50. The molecule has 0 radical (unpaired) electrons. The van der Waals surface area contributed by atoms with Crippen molar-refractivity contribution in [2.75, 3.05) is 13.6 Å². The Kier molecular flexibility index (Phi) is 5.06. The van der Waals surface area contributed by atoms with E-state index in [2.05, 4.69) is 18.3 Å². The SMILES string of the molecule is CCCC(CNC)Oc1ccc(Cl)c2ccccc12. The molecule has 0 bridgehead atoms. The van der Waals surface area contributed by atoms with Gasteiger partial charge in [-0.3, -0.25) is 0 Å². The maximum Gasteiger partial charge on any atom is 0.127 e. The molecule has 0 amide bonds. The van der Waals surface area contributed by atoms with Crippen LogP contribution in [0.1, 0.15) is 19.8 Å². The first-order chi connectivity index (χ1) is 9.26. The molecule has 2 nitrogen and oxygen atoms in total. The second kappa shape index (κ2) is 6.78. The van der Waals surface area contributed by atoms with Gasteiger partial charge in [-0.15, -0.1) is 0 Å². The Morgan fingerprint density at radius 3 is 2.58 bits per heavy atom. The van der Waals surface area contributed by atoms with Crippen LogP contribution in [0, 0.1) is 0 Å². The number of hydrogen-bond donors (Lipinski definition) is 1. The van der Waals surface area contributed by atoms with E-state index in [9.17, 15) is 0 Å². The first-order valence-corrected chi connectivity index (χ1v) is 7.12. The summed E-state index contributed by atoms with van der Waals surface area (Å²) in [6.07, 6.45) is 2.34. The predicted molar refractivity (Wildman–Crippen MR) is 82.2 cm³/mol. The lowest BCUT2D eigenvalue weighted by Crippen LogP contribution is -2.29. The summed E-state index contributed by atoms with van der Waals surface area (Å²) in [7, 11) is 1.95. The summed E-state index contributed by atoms with van der Waals surface area (Å²) in [4.78, 5) is 0. The van der Waals surface area contributed by atoms with E-state index in [-0.39, 0.29) is 6.10 Å². The fourth-order valence-electron chi connectivity index (χ4n) is 2.27. The Morgan fingerprint density at radius 1 is 1.16 bits per heavy atom. The highest BCUT2D eigenvalue weighted by atomic mass is 35.5. The van der Waals surface area contributed by atoms with Crippen molar-refractivity contribution in [2.45, 2.75) is 25.9 Å². The molecular weight excluding hydrogens is 258 g/mol. The predicted octanol–water partition coefficient (Wildman–Crippen LogP) is 4.26. The highest BCUT2D eigenvalue weighted by molar-refractivity contribution is 6.35. The lowest BCUT2D eigenvalue weighted by Gasteiger charge is -2.19. The van der Waals surface area contributed by atoms with Crippen LogP contribution >= 0.6 is 11.6 Å². The molecule has 1 N–H and O–H groups in total. The second-order valence-electron chi connectivity index (χ2n) is 4.68. The van der Waals surface area contributed by atoms with Gasteiger partial charge in [-0.1, -0.05) is 49.2 Å². The summed E-state index contributed by atoms with van der Waals surface area (Å²) in [5.74, 6) is 0.911. The van der Waals surface area contributed by atoms with Crippen molar-refractivity contribution in [1.82, 2.24) is 5.32 Å². The molecule has 2 aromatic carbocycles. The van der Waals surface area contributed by atoms with Crippen LogP contribution < -0.4 is 10.1 Å². The van der Waals surface area contributed by atoms with E-state index in [0.717, 1.165) is 40.9 Å². The maximum atomic E-state index is 6.22. The first-order valence-electron chi connectivity index (χ1n) is 6.74. The minimum atomic E-state index is 0.194. The number of halogens is 1. The van der Waals surface area contributed by atoms with Crippen molar-refractivity contribution in [3.05, 3.63) is 41.4 Å². The van der Waals surface area contributed by atoms with Gasteiger partial charge in [0.15, 0.2) is 0 Å². The first kappa shape index (κ1) is 14.2. The second-order valence-corrected chi connectivity index (χ2v) is 5.08. The van der Waals surface area contributed by atoms with Crippen LogP contribution in [0.4, 0.5) is 0 Å². The van der Waals surface area contributed by atoms with Gasteiger partial charge in [0.2, 0.25) is 0 Å². The molecule has 0 spiro atoms. The molecule has 1 unspecified atom stereocenters. The monoisotopic (exact) mass is 277 g/mol. The van der Waals surface area contributed by atoms with Crippen LogP contribution in [-0.4, -0.2) is 19.7 Å². The summed E-state index contributed by atoms with van der Waals surface area (Å²) >= 11 is 6.22. The van der Waals surface area contributed by atoms with Crippen molar-refractivity contribution in [3.8, 4) is 5.75 Å².